The first-order valence-electron chi connectivity index (χ1n) is 9.15. The van der Waals surface area contributed by atoms with Gasteiger partial charge in [0.1, 0.15) is 6.10 Å². The lowest BCUT2D eigenvalue weighted by Crippen LogP contribution is -2.33. The van der Waals surface area contributed by atoms with E-state index in [-0.39, 0.29) is 18.8 Å². The number of hydrogen-bond donors (Lipinski definition) is 1. The smallest absolute Gasteiger partial charge is 0.272 e. The highest BCUT2D eigenvalue weighted by atomic mass is 16.7. The highest BCUT2D eigenvalue weighted by Crippen LogP contribution is 2.36. The molecule has 7 nitrogen and oxygen atoms in total. The zero-order valence-corrected chi connectivity index (χ0v) is 14.4. The van der Waals surface area contributed by atoms with Gasteiger partial charge in [-0.3, -0.25) is 9.48 Å². The summed E-state index contributed by atoms with van der Waals surface area (Å²) in [6.07, 6.45) is 4.39. The molecule has 7 heteroatoms. The number of nitrogens with zero attached hydrogens (tertiary/aromatic N) is 2. The first-order valence-corrected chi connectivity index (χ1v) is 9.15. The second-order valence-corrected chi connectivity index (χ2v) is 7.07. The van der Waals surface area contributed by atoms with Crippen molar-refractivity contribution >= 4 is 5.91 Å². The van der Waals surface area contributed by atoms with Gasteiger partial charge in [0.25, 0.3) is 5.91 Å². The van der Waals surface area contributed by atoms with Crippen molar-refractivity contribution in [2.45, 2.75) is 51.0 Å². The minimum Gasteiger partial charge on any atom is -0.454 e. The van der Waals surface area contributed by atoms with Crippen LogP contribution < -0.4 is 14.8 Å². The van der Waals surface area contributed by atoms with E-state index in [4.69, 9.17) is 14.2 Å². The molecule has 1 fully saturated rings. The predicted octanol–water partition coefficient (Wildman–Crippen LogP) is 2.56. The molecule has 2 aromatic rings. The van der Waals surface area contributed by atoms with Crippen LogP contribution in [-0.2, 0) is 17.9 Å². The van der Waals surface area contributed by atoms with Crippen LogP contribution in [0.25, 0.3) is 0 Å². The second kappa shape index (κ2) is 6.32. The van der Waals surface area contributed by atoms with Gasteiger partial charge in [-0.25, -0.2) is 0 Å². The normalized spacial score (nSPS) is 21.6. The fourth-order valence-electron chi connectivity index (χ4n) is 3.88. The van der Waals surface area contributed by atoms with Crippen LogP contribution >= 0.6 is 0 Å². The predicted molar refractivity (Wildman–Crippen MR) is 92.0 cm³/mol. The molecule has 5 rings (SSSR count). The van der Waals surface area contributed by atoms with Crippen molar-refractivity contribution in [3.8, 4) is 11.5 Å². The summed E-state index contributed by atoms with van der Waals surface area (Å²) >= 11 is 0. The third-order valence-electron chi connectivity index (χ3n) is 5.33. The average Bonchev–Trinajstić information content (AvgIpc) is 3.40. The third kappa shape index (κ3) is 2.82. The molecule has 1 aliphatic carbocycles. The molecule has 1 aromatic heterocycles. The lowest BCUT2D eigenvalue weighted by atomic mass is 10.1. The summed E-state index contributed by atoms with van der Waals surface area (Å²) in [5, 5.41) is 7.60. The van der Waals surface area contributed by atoms with E-state index in [0.29, 0.717) is 24.9 Å². The van der Waals surface area contributed by atoms with Crippen LogP contribution in [0, 0.1) is 0 Å². The van der Waals surface area contributed by atoms with Crippen molar-refractivity contribution in [3.63, 3.8) is 0 Å². The molecule has 1 aromatic carbocycles. The van der Waals surface area contributed by atoms with Crippen molar-refractivity contribution < 1.29 is 19.0 Å². The van der Waals surface area contributed by atoms with Gasteiger partial charge in [-0.1, -0.05) is 18.9 Å². The van der Waals surface area contributed by atoms with Crippen molar-refractivity contribution in [3.05, 3.63) is 41.2 Å². The number of rotatable bonds is 3. The summed E-state index contributed by atoms with van der Waals surface area (Å²) in [7, 11) is 0. The van der Waals surface area contributed by atoms with Gasteiger partial charge in [0.15, 0.2) is 17.2 Å². The van der Waals surface area contributed by atoms with Gasteiger partial charge in [-0.05, 0) is 36.6 Å². The first-order chi connectivity index (χ1) is 12.8. The molecule has 1 N–H and O–H groups in total. The molecule has 0 spiro atoms. The second-order valence-electron chi connectivity index (χ2n) is 7.07. The van der Waals surface area contributed by atoms with E-state index >= 15 is 0 Å². The monoisotopic (exact) mass is 355 g/mol. The minimum absolute atomic E-state index is 0.0848. The Morgan fingerprint density at radius 1 is 1.15 bits per heavy atom. The number of nitrogens with one attached hydrogen (secondary N) is 1. The van der Waals surface area contributed by atoms with E-state index in [1.165, 1.54) is 12.8 Å². The Kier molecular flexibility index (Phi) is 3.81. The van der Waals surface area contributed by atoms with Crippen LogP contribution in [0.1, 0.15) is 53.5 Å². The molecule has 1 amide bonds. The topological polar surface area (TPSA) is 74.6 Å². The molecule has 1 saturated carbocycles. The summed E-state index contributed by atoms with van der Waals surface area (Å²) in [5.74, 6) is 1.42. The summed E-state index contributed by atoms with van der Waals surface area (Å²) in [5.41, 5.74) is 2.42. The summed E-state index contributed by atoms with van der Waals surface area (Å²) in [6, 6.07) is 7.97. The van der Waals surface area contributed by atoms with Crippen LogP contribution in [0.4, 0.5) is 0 Å². The number of ether oxygens (including phenoxy) is 3. The Morgan fingerprint density at radius 3 is 2.88 bits per heavy atom. The third-order valence-corrected chi connectivity index (χ3v) is 5.33. The van der Waals surface area contributed by atoms with E-state index in [0.717, 1.165) is 35.6 Å². The van der Waals surface area contributed by atoms with Crippen molar-refractivity contribution in [2.75, 3.05) is 6.79 Å². The molecule has 26 heavy (non-hydrogen) atoms. The lowest BCUT2D eigenvalue weighted by molar-refractivity contribution is -0.00128. The molecule has 0 saturated heterocycles. The van der Waals surface area contributed by atoms with E-state index in [1.807, 2.05) is 28.9 Å². The Bertz CT molecular complexity index is 841. The van der Waals surface area contributed by atoms with E-state index in [2.05, 4.69) is 10.4 Å². The Labute approximate surface area is 151 Å². The van der Waals surface area contributed by atoms with E-state index < -0.39 is 0 Å². The molecular weight excluding hydrogens is 334 g/mol. The first kappa shape index (κ1) is 15.7. The summed E-state index contributed by atoms with van der Waals surface area (Å²) in [6.45, 7) is 1.27. The molecule has 0 radical (unpaired) electrons. The van der Waals surface area contributed by atoms with Gasteiger partial charge < -0.3 is 19.5 Å². The van der Waals surface area contributed by atoms with Gasteiger partial charge in [0, 0.05) is 6.04 Å². The Hall–Kier alpha value is -2.54. The Balaban J connectivity index is 1.31. The van der Waals surface area contributed by atoms with Crippen LogP contribution in [0.5, 0.6) is 11.5 Å². The number of amides is 1. The van der Waals surface area contributed by atoms with Crippen molar-refractivity contribution in [1.29, 1.82) is 0 Å². The van der Waals surface area contributed by atoms with Gasteiger partial charge in [-0.15, -0.1) is 0 Å². The van der Waals surface area contributed by atoms with Gasteiger partial charge in [-0.2, -0.15) is 5.10 Å². The molecule has 2 aliphatic heterocycles. The number of fused-ring (bicyclic) bond motifs is 2. The molecule has 136 valence electrons. The summed E-state index contributed by atoms with van der Waals surface area (Å²) < 4.78 is 18.7. The Morgan fingerprint density at radius 2 is 2.00 bits per heavy atom. The van der Waals surface area contributed by atoms with Gasteiger partial charge in [0.2, 0.25) is 6.79 Å². The van der Waals surface area contributed by atoms with Gasteiger partial charge in [0.05, 0.1) is 18.8 Å². The SMILES string of the molecule is O=C(NC1CCCC1)c1cc2n(n1)CC(c1ccc3c(c1)OCO3)OC2. The molecule has 3 heterocycles. The maximum atomic E-state index is 12.4. The molecule has 0 bridgehead atoms. The largest absolute Gasteiger partial charge is 0.454 e. The van der Waals surface area contributed by atoms with E-state index in [1.54, 1.807) is 0 Å². The number of carbonyl (C=O) groups excluding carboxylic acids is 1. The summed E-state index contributed by atoms with van der Waals surface area (Å²) in [4.78, 5) is 12.4. The number of carbonyl (C=O) groups is 1. The van der Waals surface area contributed by atoms with Crippen LogP contribution in [0.3, 0.4) is 0 Å². The standard InChI is InChI=1S/C19H21N3O4/c23-19(20-13-3-1-2-4-13)15-8-14-10-24-18(9-22(14)21-15)12-5-6-16-17(7-12)26-11-25-16/h5-8,13,18H,1-4,9-11H2,(H,20,23). The van der Waals surface area contributed by atoms with Crippen molar-refractivity contribution in [2.24, 2.45) is 0 Å². The highest BCUT2D eigenvalue weighted by Gasteiger charge is 2.26. The van der Waals surface area contributed by atoms with Crippen LogP contribution in [0.15, 0.2) is 24.3 Å². The molecular formula is C19H21N3O4. The van der Waals surface area contributed by atoms with Gasteiger partial charge >= 0.3 is 0 Å². The number of aromatic nitrogens is 2. The molecule has 1 unspecified atom stereocenters. The fraction of sp³-hybridized carbons (Fsp3) is 0.474. The molecule has 1 atom stereocenters. The van der Waals surface area contributed by atoms with Crippen LogP contribution in [-0.4, -0.2) is 28.5 Å². The molecule has 3 aliphatic rings. The lowest BCUT2D eigenvalue weighted by Gasteiger charge is -2.24. The number of benzene rings is 1. The zero-order chi connectivity index (χ0) is 17.5. The van der Waals surface area contributed by atoms with Crippen molar-refractivity contribution in [1.82, 2.24) is 15.1 Å². The highest BCUT2D eigenvalue weighted by molar-refractivity contribution is 5.92. The zero-order valence-electron chi connectivity index (χ0n) is 14.4. The fourth-order valence-corrected chi connectivity index (χ4v) is 3.88. The quantitative estimate of drug-likeness (QED) is 0.916. The maximum Gasteiger partial charge on any atom is 0.272 e. The number of hydrogen-bond acceptors (Lipinski definition) is 5. The van der Waals surface area contributed by atoms with Crippen LogP contribution in [0.2, 0.25) is 0 Å². The maximum absolute atomic E-state index is 12.4. The minimum atomic E-state index is -0.123. The van der Waals surface area contributed by atoms with E-state index in [9.17, 15) is 4.79 Å². The average molecular weight is 355 g/mol.